The number of hydrogen-bond acceptors (Lipinski definition) is 4. The van der Waals surface area contributed by atoms with E-state index in [-0.39, 0.29) is 17.7 Å². The van der Waals surface area contributed by atoms with Crippen molar-refractivity contribution in [3.63, 3.8) is 0 Å². The first-order chi connectivity index (χ1) is 11.6. The Bertz CT molecular complexity index is 799. The Morgan fingerprint density at radius 2 is 1.92 bits per heavy atom. The van der Waals surface area contributed by atoms with Crippen LogP contribution >= 0.6 is 22.9 Å². The monoisotopic (exact) mass is 361 g/mol. The first kappa shape index (κ1) is 15.6. The lowest BCUT2D eigenvalue weighted by Gasteiger charge is -2.09. The van der Waals surface area contributed by atoms with Crippen molar-refractivity contribution in [2.45, 2.75) is 37.6 Å². The molecule has 2 amide bonds. The van der Waals surface area contributed by atoms with E-state index in [2.05, 4.69) is 15.6 Å². The van der Waals surface area contributed by atoms with Crippen molar-refractivity contribution in [1.82, 2.24) is 10.3 Å². The normalized spacial score (nSPS) is 19.0. The predicted molar refractivity (Wildman–Crippen MR) is 93.7 cm³/mol. The number of halogens is 1. The van der Waals surface area contributed by atoms with E-state index in [0.29, 0.717) is 21.8 Å². The second-order valence-electron chi connectivity index (χ2n) is 6.16. The number of hydrogen-bond donors (Lipinski definition) is 2. The van der Waals surface area contributed by atoms with Crippen LogP contribution in [-0.4, -0.2) is 22.8 Å². The molecule has 1 atom stereocenters. The van der Waals surface area contributed by atoms with Crippen LogP contribution in [0.15, 0.2) is 24.3 Å². The summed E-state index contributed by atoms with van der Waals surface area (Å²) in [5.41, 5.74) is 1.35. The van der Waals surface area contributed by atoms with Gasteiger partial charge in [0.2, 0.25) is 5.91 Å². The topological polar surface area (TPSA) is 71.1 Å². The van der Waals surface area contributed by atoms with Crippen molar-refractivity contribution in [2.75, 3.05) is 5.32 Å². The zero-order valence-corrected chi connectivity index (χ0v) is 14.4. The van der Waals surface area contributed by atoms with E-state index in [1.165, 1.54) is 11.3 Å². The SMILES string of the molecule is O=C(Nc1nc2c(s1)CCC2C(=O)NC1CC1)c1ccc(Cl)cc1. The van der Waals surface area contributed by atoms with Gasteiger partial charge in [0.15, 0.2) is 5.13 Å². The molecule has 0 bridgehead atoms. The van der Waals surface area contributed by atoms with Gasteiger partial charge in [-0.05, 0) is 49.9 Å². The van der Waals surface area contributed by atoms with Crippen LogP contribution in [0.3, 0.4) is 0 Å². The zero-order valence-electron chi connectivity index (χ0n) is 12.8. The van der Waals surface area contributed by atoms with Crippen molar-refractivity contribution in [3.05, 3.63) is 45.4 Å². The lowest BCUT2D eigenvalue weighted by molar-refractivity contribution is -0.122. The van der Waals surface area contributed by atoms with Crippen molar-refractivity contribution >= 4 is 39.9 Å². The number of thiazole rings is 1. The molecule has 2 aliphatic carbocycles. The van der Waals surface area contributed by atoms with Gasteiger partial charge in [0.25, 0.3) is 5.91 Å². The third kappa shape index (κ3) is 3.16. The van der Waals surface area contributed by atoms with Crippen LogP contribution in [0, 0.1) is 0 Å². The number of carbonyl (C=O) groups is 2. The maximum atomic E-state index is 12.3. The van der Waals surface area contributed by atoms with Gasteiger partial charge >= 0.3 is 0 Å². The molecule has 1 unspecified atom stereocenters. The first-order valence-corrected chi connectivity index (χ1v) is 9.16. The van der Waals surface area contributed by atoms with E-state index in [1.54, 1.807) is 24.3 Å². The summed E-state index contributed by atoms with van der Waals surface area (Å²) in [4.78, 5) is 30.2. The summed E-state index contributed by atoms with van der Waals surface area (Å²) in [6, 6.07) is 7.05. The molecular weight excluding hydrogens is 346 g/mol. The minimum atomic E-state index is -0.224. The highest BCUT2D eigenvalue weighted by molar-refractivity contribution is 7.16. The van der Waals surface area contributed by atoms with Crippen LogP contribution in [0.4, 0.5) is 5.13 Å². The van der Waals surface area contributed by atoms with Gasteiger partial charge in [-0.15, -0.1) is 11.3 Å². The standard InChI is InChI=1S/C17H16ClN3O2S/c18-10-3-1-9(2-4-10)15(22)21-17-20-14-12(7-8-13(14)24-17)16(23)19-11-5-6-11/h1-4,11-12H,5-8H2,(H,19,23)(H,20,21,22). The zero-order chi connectivity index (χ0) is 16.7. The van der Waals surface area contributed by atoms with Crippen molar-refractivity contribution in [2.24, 2.45) is 0 Å². The van der Waals surface area contributed by atoms with Gasteiger partial charge in [-0.2, -0.15) is 0 Å². The van der Waals surface area contributed by atoms with Crippen LogP contribution < -0.4 is 10.6 Å². The Balaban J connectivity index is 1.47. The second kappa shape index (κ2) is 6.18. The third-order valence-corrected chi connectivity index (χ3v) is 5.58. The number of nitrogens with zero attached hydrogens (tertiary/aromatic N) is 1. The van der Waals surface area contributed by atoms with E-state index >= 15 is 0 Å². The van der Waals surface area contributed by atoms with Crippen LogP contribution in [0.2, 0.25) is 5.02 Å². The molecule has 1 saturated carbocycles. The van der Waals surface area contributed by atoms with Crippen LogP contribution in [0.1, 0.15) is 46.1 Å². The smallest absolute Gasteiger partial charge is 0.257 e. The van der Waals surface area contributed by atoms with Crippen LogP contribution in [0.25, 0.3) is 0 Å². The molecule has 0 spiro atoms. The number of carbonyl (C=O) groups excluding carboxylic acids is 2. The molecule has 2 N–H and O–H groups in total. The van der Waals surface area contributed by atoms with Gasteiger partial charge in [0.05, 0.1) is 11.6 Å². The highest BCUT2D eigenvalue weighted by atomic mass is 35.5. The van der Waals surface area contributed by atoms with E-state index in [1.807, 2.05) is 0 Å². The van der Waals surface area contributed by atoms with Gasteiger partial charge in [0.1, 0.15) is 0 Å². The molecule has 1 heterocycles. The number of aryl methyl sites for hydroxylation is 1. The molecule has 5 nitrogen and oxygen atoms in total. The van der Waals surface area contributed by atoms with Gasteiger partial charge in [0, 0.05) is 21.5 Å². The Hall–Kier alpha value is -1.92. The molecular formula is C17H16ClN3O2S. The number of aromatic nitrogens is 1. The number of amides is 2. The molecule has 1 aromatic carbocycles. The largest absolute Gasteiger partial charge is 0.353 e. The van der Waals surface area contributed by atoms with Gasteiger partial charge in [-0.25, -0.2) is 4.98 Å². The summed E-state index contributed by atoms with van der Waals surface area (Å²) in [5.74, 6) is -0.340. The summed E-state index contributed by atoms with van der Waals surface area (Å²) in [6.07, 6.45) is 3.79. The predicted octanol–water partition coefficient (Wildman–Crippen LogP) is 3.36. The highest BCUT2D eigenvalue weighted by Crippen LogP contribution is 2.39. The van der Waals surface area contributed by atoms with E-state index in [9.17, 15) is 9.59 Å². The third-order valence-electron chi connectivity index (χ3n) is 4.28. The van der Waals surface area contributed by atoms with E-state index in [0.717, 1.165) is 36.3 Å². The molecule has 2 aromatic rings. The van der Waals surface area contributed by atoms with Gasteiger partial charge < -0.3 is 5.32 Å². The summed E-state index contributed by atoms with van der Waals surface area (Å²) in [5, 5.41) is 6.99. The number of benzene rings is 1. The quantitative estimate of drug-likeness (QED) is 0.877. The summed E-state index contributed by atoms with van der Waals surface area (Å²) >= 11 is 7.29. The average Bonchev–Trinajstić information content (AvgIpc) is 3.14. The lowest BCUT2D eigenvalue weighted by Crippen LogP contribution is -2.30. The molecule has 1 aromatic heterocycles. The van der Waals surface area contributed by atoms with E-state index < -0.39 is 0 Å². The molecule has 4 rings (SSSR count). The van der Waals surface area contributed by atoms with Crippen molar-refractivity contribution in [1.29, 1.82) is 0 Å². The fourth-order valence-corrected chi connectivity index (χ4v) is 4.00. The Labute approximate surface area is 148 Å². The fourth-order valence-electron chi connectivity index (χ4n) is 2.84. The van der Waals surface area contributed by atoms with Crippen LogP contribution in [0.5, 0.6) is 0 Å². The highest BCUT2D eigenvalue weighted by Gasteiger charge is 2.35. The first-order valence-electron chi connectivity index (χ1n) is 7.97. The maximum Gasteiger partial charge on any atom is 0.257 e. The van der Waals surface area contributed by atoms with Gasteiger partial charge in [-0.1, -0.05) is 11.6 Å². The Morgan fingerprint density at radius 3 is 2.62 bits per heavy atom. The maximum absolute atomic E-state index is 12.3. The molecule has 2 aliphatic rings. The minimum absolute atomic E-state index is 0.0668. The number of fused-ring (bicyclic) bond motifs is 1. The lowest BCUT2D eigenvalue weighted by atomic mass is 10.1. The van der Waals surface area contributed by atoms with Crippen LogP contribution in [-0.2, 0) is 11.2 Å². The van der Waals surface area contributed by atoms with Crippen molar-refractivity contribution < 1.29 is 9.59 Å². The number of nitrogens with one attached hydrogen (secondary N) is 2. The minimum Gasteiger partial charge on any atom is -0.353 e. The molecule has 0 aliphatic heterocycles. The molecule has 124 valence electrons. The molecule has 1 fully saturated rings. The fraction of sp³-hybridized carbons (Fsp3) is 0.353. The average molecular weight is 362 g/mol. The van der Waals surface area contributed by atoms with Gasteiger partial charge in [-0.3, -0.25) is 14.9 Å². The molecule has 0 radical (unpaired) electrons. The molecule has 0 saturated heterocycles. The molecule has 24 heavy (non-hydrogen) atoms. The van der Waals surface area contributed by atoms with E-state index in [4.69, 9.17) is 11.6 Å². The second-order valence-corrected chi connectivity index (χ2v) is 7.68. The molecule has 7 heteroatoms. The number of anilines is 1. The summed E-state index contributed by atoms with van der Waals surface area (Å²) < 4.78 is 0. The Morgan fingerprint density at radius 1 is 1.17 bits per heavy atom. The summed E-state index contributed by atoms with van der Waals surface area (Å²) in [6.45, 7) is 0. The Kier molecular flexibility index (Phi) is 4.02. The summed E-state index contributed by atoms with van der Waals surface area (Å²) in [7, 11) is 0. The van der Waals surface area contributed by atoms with Crippen molar-refractivity contribution in [3.8, 4) is 0 Å². The number of rotatable bonds is 4.